The van der Waals surface area contributed by atoms with E-state index in [-0.39, 0.29) is 31.4 Å². The number of β-amino-alcohol motifs (C(OH)–C–C–N with tert-alkyl or cyclic N) is 1. The van der Waals surface area contributed by atoms with Crippen LogP contribution in [-0.4, -0.2) is 47.3 Å². The average Bonchev–Trinajstić information content (AvgIpc) is 2.91. The number of carbonyl (C=O) groups is 2. The molecule has 1 heterocycles. The van der Waals surface area contributed by atoms with Gasteiger partial charge in [0.1, 0.15) is 6.04 Å². The van der Waals surface area contributed by atoms with Crippen LogP contribution in [-0.2, 0) is 9.53 Å². The molecule has 2 atom stereocenters. The molecular formula is C18H26N2O4. The van der Waals surface area contributed by atoms with Gasteiger partial charge in [0.25, 0.3) is 0 Å². The lowest BCUT2D eigenvalue weighted by atomic mass is 10.1. The summed E-state index contributed by atoms with van der Waals surface area (Å²) in [4.78, 5) is 26.1. The highest BCUT2D eigenvalue weighted by atomic mass is 16.6. The van der Waals surface area contributed by atoms with Crippen LogP contribution in [0.4, 0.5) is 10.5 Å². The highest BCUT2D eigenvalue weighted by Gasteiger charge is 2.40. The number of likely N-dealkylation sites (tertiary alicyclic amines) is 1. The number of benzene rings is 1. The van der Waals surface area contributed by atoms with Gasteiger partial charge < -0.3 is 15.2 Å². The molecule has 6 nitrogen and oxygen atoms in total. The van der Waals surface area contributed by atoms with Crippen molar-refractivity contribution < 1.29 is 19.4 Å². The lowest BCUT2D eigenvalue weighted by Crippen LogP contribution is -2.43. The van der Waals surface area contributed by atoms with E-state index in [1.807, 2.05) is 45.9 Å². The molecule has 0 bridgehead atoms. The summed E-state index contributed by atoms with van der Waals surface area (Å²) in [6.07, 6.45) is -1.06. The first-order valence-corrected chi connectivity index (χ1v) is 8.28. The molecule has 132 valence electrons. The van der Waals surface area contributed by atoms with Crippen molar-refractivity contribution in [1.82, 2.24) is 4.90 Å². The van der Waals surface area contributed by atoms with Crippen molar-refractivity contribution in [3.63, 3.8) is 0 Å². The summed E-state index contributed by atoms with van der Waals surface area (Å²) in [5.41, 5.74) is 2.78. The van der Waals surface area contributed by atoms with Crippen molar-refractivity contribution in [2.24, 2.45) is 5.92 Å². The van der Waals surface area contributed by atoms with Crippen molar-refractivity contribution in [3.8, 4) is 0 Å². The van der Waals surface area contributed by atoms with E-state index in [2.05, 4.69) is 5.32 Å². The molecule has 2 rings (SSSR count). The summed E-state index contributed by atoms with van der Waals surface area (Å²) in [6, 6.07) is 4.95. The van der Waals surface area contributed by atoms with Gasteiger partial charge in [-0.25, -0.2) is 4.79 Å². The molecule has 24 heavy (non-hydrogen) atoms. The Labute approximate surface area is 142 Å². The van der Waals surface area contributed by atoms with E-state index in [0.29, 0.717) is 0 Å². The molecular weight excluding hydrogens is 308 g/mol. The molecule has 0 spiro atoms. The topological polar surface area (TPSA) is 78.9 Å². The molecule has 1 aromatic rings. The monoisotopic (exact) mass is 334 g/mol. The van der Waals surface area contributed by atoms with E-state index < -0.39 is 18.2 Å². The van der Waals surface area contributed by atoms with Gasteiger partial charge in [0.15, 0.2) is 0 Å². The predicted molar refractivity (Wildman–Crippen MR) is 91.8 cm³/mol. The van der Waals surface area contributed by atoms with E-state index in [1.165, 1.54) is 4.90 Å². The maximum atomic E-state index is 12.6. The number of aliphatic hydroxyl groups is 1. The number of nitrogens with one attached hydrogen (secondary N) is 1. The average molecular weight is 334 g/mol. The number of ether oxygens (including phenoxy) is 1. The zero-order chi connectivity index (χ0) is 17.9. The fraction of sp³-hybridized carbons (Fsp3) is 0.556. The molecule has 0 aromatic heterocycles. The zero-order valence-electron chi connectivity index (χ0n) is 14.7. The van der Waals surface area contributed by atoms with Crippen LogP contribution in [0.15, 0.2) is 18.2 Å². The normalized spacial score (nSPS) is 20.3. The van der Waals surface area contributed by atoms with Crippen molar-refractivity contribution in [2.45, 2.75) is 46.3 Å². The fourth-order valence-electron chi connectivity index (χ4n) is 2.69. The first kappa shape index (κ1) is 18.3. The third-order valence-corrected chi connectivity index (χ3v) is 4.22. The van der Waals surface area contributed by atoms with Gasteiger partial charge in [-0.15, -0.1) is 0 Å². The van der Waals surface area contributed by atoms with E-state index in [1.54, 1.807) is 0 Å². The van der Waals surface area contributed by atoms with Crippen molar-refractivity contribution in [3.05, 3.63) is 29.3 Å². The molecule has 1 aliphatic rings. The quantitative estimate of drug-likeness (QED) is 0.886. The highest BCUT2D eigenvalue weighted by Crippen LogP contribution is 2.23. The number of aryl methyl sites for hydroxylation is 1. The van der Waals surface area contributed by atoms with Gasteiger partial charge in [-0.3, -0.25) is 9.69 Å². The number of amides is 2. The van der Waals surface area contributed by atoms with Crippen LogP contribution >= 0.6 is 0 Å². The van der Waals surface area contributed by atoms with Gasteiger partial charge in [-0.05, 0) is 37.0 Å². The van der Waals surface area contributed by atoms with Crippen LogP contribution in [0, 0.1) is 19.8 Å². The summed E-state index contributed by atoms with van der Waals surface area (Å²) in [7, 11) is 0. The fourth-order valence-corrected chi connectivity index (χ4v) is 2.69. The van der Waals surface area contributed by atoms with Crippen molar-refractivity contribution in [2.75, 3.05) is 18.5 Å². The number of rotatable bonds is 4. The minimum atomic E-state index is -0.723. The van der Waals surface area contributed by atoms with E-state index in [4.69, 9.17) is 4.74 Å². The molecule has 0 radical (unpaired) electrons. The number of carbonyl (C=O) groups excluding carboxylic acids is 2. The second-order valence-electron chi connectivity index (χ2n) is 6.77. The lowest BCUT2D eigenvalue weighted by molar-refractivity contribution is -0.120. The zero-order valence-corrected chi connectivity index (χ0v) is 14.7. The first-order chi connectivity index (χ1) is 11.3. The molecule has 1 aliphatic heterocycles. The summed E-state index contributed by atoms with van der Waals surface area (Å²) in [5.74, 6) is -0.0922. The van der Waals surface area contributed by atoms with E-state index in [0.717, 1.165) is 16.8 Å². The van der Waals surface area contributed by atoms with Gasteiger partial charge in [0, 0.05) is 12.1 Å². The van der Waals surface area contributed by atoms with Gasteiger partial charge in [0.05, 0.1) is 19.3 Å². The van der Waals surface area contributed by atoms with Crippen LogP contribution in [0.1, 0.15) is 31.4 Å². The molecule has 6 heteroatoms. The van der Waals surface area contributed by atoms with Gasteiger partial charge in [-0.1, -0.05) is 26.0 Å². The summed E-state index contributed by atoms with van der Waals surface area (Å²) in [5, 5.41) is 12.7. The van der Waals surface area contributed by atoms with Crippen molar-refractivity contribution >= 4 is 17.7 Å². The van der Waals surface area contributed by atoms with E-state index >= 15 is 0 Å². The second-order valence-corrected chi connectivity index (χ2v) is 6.77. The smallest absolute Gasteiger partial charge is 0.410 e. The Morgan fingerprint density at radius 3 is 2.75 bits per heavy atom. The predicted octanol–water partition coefficient (Wildman–Crippen LogP) is 2.47. The molecule has 1 saturated heterocycles. The van der Waals surface area contributed by atoms with Crippen LogP contribution in [0.25, 0.3) is 0 Å². The van der Waals surface area contributed by atoms with Crippen LogP contribution < -0.4 is 5.32 Å². The number of nitrogens with zero attached hydrogens (tertiary/aromatic N) is 1. The Morgan fingerprint density at radius 1 is 1.38 bits per heavy atom. The standard InChI is InChI=1S/C18H26N2O4/c1-11(2)10-24-18(23)20-9-14(21)8-16(20)17(22)19-15-7-5-6-12(3)13(15)4/h5-7,11,14,16,21H,8-10H2,1-4H3,(H,19,22)/t14-,16+/m1/s1. The maximum absolute atomic E-state index is 12.6. The summed E-state index contributed by atoms with van der Waals surface area (Å²) < 4.78 is 5.21. The first-order valence-electron chi connectivity index (χ1n) is 8.28. The Bertz CT molecular complexity index is 615. The van der Waals surface area contributed by atoms with Gasteiger partial charge >= 0.3 is 6.09 Å². The van der Waals surface area contributed by atoms with Gasteiger partial charge in [0.2, 0.25) is 5.91 Å². The third-order valence-electron chi connectivity index (χ3n) is 4.22. The maximum Gasteiger partial charge on any atom is 0.410 e. The summed E-state index contributed by atoms with van der Waals surface area (Å²) in [6.45, 7) is 8.19. The molecule has 2 N–H and O–H groups in total. The van der Waals surface area contributed by atoms with Crippen LogP contribution in [0.5, 0.6) is 0 Å². The highest BCUT2D eigenvalue weighted by molar-refractivity contribution is 5.97. The minimum Gasteiger partial charge on any atom is -0.449 e. The van der Waals surface area contributed by atoms with Crippen LogP contribution in [0.3, 0.4) is 0 Å². The Morgan fingerprint density at radius 2 is 2.08 bits per heavy atom. The van der Waals surface area contributed by atoms with E-state index in [9.17, 15) is 14.7 Å². The number of hydrogen-bond acceptors (Lipinski definition) is 4. The molecule has 1 aromatic carbocycles. The molecule has 0 aliphatic carbocycles. The summed E-state index contributed by atoms with van der Waals surface area (Å²) >= 11 is 0. The molecule has 1 fully saturated rings. The number of anilines is 1. The van der Waals surface area contributed by atoms with Gasteiger partial charge in [-0.2, -0.15) is 0 Å². The number of aliphatic hydroxyl groups excluding tert-OH is 1. The molecule has 2 amide bonds. The second kappa shape index (κ2) is 7.66. The number of hydrogen-bond donors (Lipinski definition) is 2. The Kier molecular flexibility index (Phi) is 5.83. The van der Waals surface area contributed by atoms with Crippen LogP contribution in [0.2, 0.25) is 0 Å². The molecule has 0 saturated carbocycles. The minimum absolute atomic E-state index is 0.113. The SMILES string of the molecule is Cc1cccc(NC(=O)[C@@H]2C[C@@H](O)CN2C(=O)OCC(C)C)c1C. The van der Waals surface area contributed by atoms with Crippen molar-refractivity contribution in [1.29, 1.82) is 0 Å². The Hall–Kier alpha value is -2.08. The Balaban J connectivity index is 2.08. The lowest BCUT2D eigenvalue weighted by Gasteiger charge is -2.24. The largest absolute Gasteiger partial charge is 0.449 e. The molecule has 0 unspecified atom stereocenters. The third kappa shape index (κ3) is 4.26.